The van der Waals surface area contributed by atoms with Crippen molar-refractivity contribution >= 4 is 0 Å². The molecule has 1 rings (SSSR count). The van der Waals surface area contributed by atoms with E-state index in [2.05, 4.69) is 44.8 Å². The molecule has 1 aliphatic rings. The molecule has 2 heteroatoms. The van der Waals surface area contributed by atoms with Crippen LogP contribution in [0.5, 0.6) is 0 Å². The predicted molar refractivity (Wildman–Crippen MR) is 76.4 cm³/mol. The van der Waals surface area contributed by atoms with Gasteiger partial charge in [-0.3, -0.25) is 0 Å². The van der Waals surface area contributed by atoms with E-state index < -0.39 is 0 Å². The van der Waals surface area contributed by atoms with Gasteiger partial charge in [-0.2, -0.15) is 0 Å². The molecule has 1 N–H and O–H groups in total. The second kappa shape index (κ2) is 7.38. The molecule has 0 aromatic heterocycles. The first kappa shape index (κ1) is 15.0. The van der Waals surface area contributed by atoms with E-state index in [1.54, 1.807) is 0 Å². The Kier molecular flexibility index (Phi) is 6.50. The van der Waals surface area contributed by atoms with Crippen molar-refractivity contribution < 1.29 is 0 Å². The van der Waals surface area contributed by atoms with E-state index in [1.165, 1.54) is 38.9 Å². The number of hydrogen-bond acceptors (Lipinski definition) is 2. The van der Waals surface area contributed by atoms with Crippen LogP contribution in [-0.2, 0) is 0 Å². The van der Waals surface area contributed by atoms with Gasteiger partial charge in [0.2, 0.25) is 0 Å². The monoisotopic (exact) mass is 240 g/mol. The molecule has 1 aliphatic heterocycles. The summed E-state index contributed by atoms with van der Waals surface area (Å²) in [5.74, 6) is 1.62. The maximum absolute atomic E-state index is 3.74. The lowest BCUT2D eigenvalue weighted by Crippen LogP contribution is -2.45. The first-order chi connectivity index (χ1) is 8.02. The third-order valence-electron chi connectivity index (χ3n) is 4.37. The number of hydrogen-bond donors (Lipinski definition) is 1. The molecular weight excluding hydrogens is 208 g/mol. The summed E-state index contributed by atoms with van der Waals surface area (Å²) < 4.78 is 0. The highest BCUT2D eigenvalue weighted by Crippen LogP contribution is 2.15. The Hall–Kier alpha value is -0.0800. The van der Waals surface area contributed by atoms with Crippen molar-refractivity contribution in [2.75, 3.05) is 19.6 Å². The zero-order valence-corrected chi connectivity index (χ0v) is 12.5. The van der Waals surface area contributed by atoms with Crippen LogP contribution in [0.2, 0.25) is 0 Å². The van der Waals surface area contributed by atoms with Gasteiger partial charge >= 0.3 is 0 Å². The molecule has 0 radical (unpaired) electrons. The van der Waals surface area contributed by atoms with E-state index >= 15 is 0 Å². The second-order valence-corrected chi connectivity index (χ2v) is 6.27. The SMILES string of the molecule is CCC1CCN(CC(C)C(C)C)CCC(C)N1. The molecule has 17 heavy (non-hydrogen) atoms. The Labute approximate surface area is 108 Å². The van der Waals surface area contributed by atoms with Gasteiger partial charge in [0.25, 0.3) is 0 Å². The molecule has 2 nitrogen and oxygen atoms in total. The molecule has 0 bridgehead atoms. The van der Waals surface area contributed by atoms with Crippen LogP contribution in [0.4, 0.5) is 0 Å². The summed E-state index contributed by atoms with van der Waals surface area (Å²) in [5.41, 5.74) is 0. The van der Waals surface area contributed by atoms with Crippen LogP contribution >= 0.6 is 0 Å². The highest BCUT2D eigenvalue weighted by Gasteiger charge is 2.19. The summed E-state index contributed by atoms with van der Waals surface area (Å²) in [7, 11) is 0. The van der Waals surface area contributed by atoms with Gasteiger partial charge in [-0.15, -0.1) is 0 Å². The maximum atomic E-state index is 3.74. The standard InChI is InChI=1S/C15H32N2/c1-6-15-8-10-17(9-7-14(5)16-15)11-13(4)12(2)3/h12-16H,6-11H2,1-5H3. The molecule has 0 aliphatic carbocycles. The highest BCUT2D eigenvalue weighted by atomic mass is 15.1. The van der Waals surface area contributed by atoms with Gasteiger partial charge in [-0.1, -0.05) is 27.7 Å². The Morgan fingerprint density at radius 2 is 1.82 bits per heavy atom. The Morgan fingerprint density at radius 1 is 1.18 bits per heavy atom. The third kappa shape index (κ3) is 5.39. The minimum atomic E-state index is 0.678. The summed E-state index contributed by atoms with van der Waals surface area (Å²) in [6.07, 6.45) is 3.87. The first-order valence-corrected chi connectivity index (χ1v) is 7.51. The van der Waals surface area contributed by atoms with E-state index in [-0.39, 0.29) is 0 Å². The smallest absolute Gasteiger partial charge is 0.00790 e. The van der Waals surface area contributed by atoms with Gasteiger partial charge in [0.1, 0.15) is 0 Å². The zero-order chi connectivity index (χ0) is 12.8. The average molecular weight is 240 g/mol. The van der Waals surface area contributed by atoms with Crippen molar-refractivity contribution in [3.05, 3.63) is 0 Å². The summed E-state index contributed by atoms with van der Waals surface area (Å²) in [4.78, 5) is 2.69. The van der Waals surface area contributed by atoms with Gasteiger partial charge < -0.3 is 10.2 Å². The molecule has 1 saturated heterocycles. The lowest BCUT2D eigenvalue weighted by Gasteiger charge is -2.34. The van der Waals surface area contributed by atoms with Crippen LogP contribution in [-0.4, -0.2) is 36.6 Å². The van der Waals surface area contributed by atoms with E-state index in [1.807, 2.05) is 0 Å². The fraction of sp³-hybridized carbons (Fsp3) is 1.00. The number of nitrogens with one attached hydrogen (secondary N) is 1. The molecule has 1 fully saturated rings. The van der Waals surface area contributed by atoms with E-state index in [9.17, 15) is 0 Å². The average Bonchev–Trinajstić information content (AvgIpc) is 2.27. The van der Waals surface area contributed by atoms with Gasteiger partial charge in [0.15, 0.2) is 0 Å². The van der Waals surface area contributed by atoms with Gasteiger partial charge in [-0.25, -0.2) is 0 Å². The molecule has 0 spiro atoms. The van der Waals surface area contributed by atoms with E-state index in [0.717, 1.165) is 17.9 Å². The van der Waals surface area contributed by atoms with E-state index in [4.69, 9.17) is 0 Å². The van der Waals surface area contributed by atoms with Crippen molar-refractivity contribution in [3.8, 4) is 0 Å². The third-order valence-corrected chi connectivity index (χ3v) is 4.37. The van der Waals surface area contributed by atoms with Gasteiger partial charge in [-0.05, 0) is 51.1 Å². The summed E-state index contributed by atoms with van der Waals surface area (Å²) in [6, 6.07) is 1.40. The summed E-state index contributed by atoms with van der Waals surface area (Å²) in [5, 5.41) is 3.74. The summed E-state index contributed by atoms with van der Waals surface area (Å²) >= 11 is 0. The first-order valence-electron chi connectivity index (χ1n) is 7.51. The minimum Gasteiger partial charge on any atom is -0.311 e. The lowest BCUT2D eigenvalue weighted by atomic mass is 9.96. The molecule has 1 heterocycles. The molecule has 102 valence electrons. The Balaban J connectivity index is 2.44. The lowest BCUT2D eigenvalue weighted by molar-refractivity contribution is 0.175. The van der Waals surface area contributed by atoms with Crippen LogP contribution in [0.1, 0.15) is 53.9 Å². The van der Waals surface area contributed by atoms with Crippen LogP contribution < -0.4 is 5.32 Å². The molecule has 3 atom stereocenters. The number of rotatable bonds is 4. The van der Waals surface area contributed by atoms with Gasteiger partial charge in [0.05, 0.1) is 0 Å². The Bertz CT molecular complexity index is 203. The molecule has 0 amide bonds. The van der Waals surface area contributed by atoms with Crippen molar-refractivity contribution in [3.63, 3.8) is 0 Å². The van der Waals surface area contributed by atoms with Crippen molar-refractivity contribution in [2.24, 2.45) is 11.8 Å². The van der Waals surface area contributed by atoms with Crippen molar-refractivity contribution in [1.82, 2.24) is 10.2 Å². The number of nitrogens with zero attached hydrogens (tertiary/aromatic N) is 1. The minimum absolute atomic E-state index is 0.678. The van der Waals surface area contributed by atoms with Crippen molar-refractivity contribution in [2.45, 2.75) is 66.0 Å². The largest absolute Gasteiger partial charge is 0.311 e. The second-order valence-electron chi connectivity index (χ2n) is 6.27. The van der Waals surface area contributed by atoms with E-state index in [0.29, 0.717) is 6.04 Å². The fourth-order valence-corrected chi connectivity index (χ4v) is 2.52. The molecule has 0 aromatic rings. The van der Waals surface area contributed by atoms with Crippen LogP contribution in [0.3, 0.4) is 0 Å². The van der Waals surface area contributed by atoms with Crippen molar-refractivity contribution in [1.29, 1.82) is 0 Å². The highest BCUT2D eigenvalue weighted by molar-refractivity contribution is 4.78. The topological polar surface area (TPSA) is 15.3 Å². The summed E-state index contributed by atoms with van der Waals surface area (Å²) in [6.45, 7) is 15.5. The van der Waals surface area contributed by atoms with Crippen LogP contribution in [0, 0.1) is 11.8 Å². The van der Waals surface area contributed by atoms with Crippen LogP contribution in [0.15, 0.2) is 0 Å². The van der Waals surface area contributed by atoms with Crippen LogP contribution in [0.25, 0.3) is 0 Å². The Morgan fingerprint density at radius 3 is 2.41 bits per heavy atom. The van der Waals surface area contributed by atoms with Gasteiger partial charge in [0, 0.05) is 18.6 Å². The molecule has 3 unspecified atom stereocenters. The quantitative estimate of drug-likeness (QED) is 0.812. The normalized spacial score (nSPS) is 30.0. The predicted octanol–water partition coefficient (Wildman–Crippen LogP) is 3.13. The molecular formula is C15H32N2. The molecule has 0 aromatic carbocycles. The maximum Gasteiger partial charge on any atom is 0.00790 e. The fourth-order valence-electron chi connectivity index (χ4n) is 2.52. The molecule has 0 saturated carbocycles. The zero-order valence-electron chi connectivity index (χ0n) is 12.5.